The molecule has 2 bridgehead atoms. The number of rotatable bonds is 5. The van der Waals surface area contributed by atoms with E-state index in [2.05, 4.69) is 53.1 Å². The number of anilines is 2. The molecule has 2 aliphatic carbocycles. The van der Waals surface area contributed by atoms with Gasteiger partial charge in [0.1, 0.15) is 0 Å². The SMILES string of the molecule is O=C(Nc1ccc(S(=O)(=O)N2CCCCC2)cc1)c1ccc2c(c1)[C@@H]1[C@H]3CC[C@@H](C3)[C@@H]1[C@@H](c1ccccc1)N2. The van der Waals surface area contributed by atoms with Gasteiger partial charge in [0.25, 0.3) is 5.91 Å². The monoisotopic (exact) mass is 541 g/mol. The van der Waals surface area contributed by atoms with Crippen LogP contribution in [0.25, 0.3) is 0 Å². The van der Waals surface area contributed by atoms with Crippen LogP contribution in [0.4, 0.5) is 11.4 Å². The second-order valence-corrected chi connectivity index (χ2v) is 13.7. The molecule has 7 rings (SSSR count). The second kappa shape index (κ2) is 9.79. The molecule has 6 nitrogen and oxygen atoms in total. The number of carbonyl (C=O) groups is 1. The van der Waals surface area contributed by atoms with Gasteiger partial charge in [0.2, 0.25) is 10.0 Å². The average Bonchev–Trinajstić information content (AvgIpc) is 3.61. The number of piperidine rings is 1. The van der Waals surface area contributed by atoms with Crippen molar-refractivity contribution in [2.75, 3.05) is 23.7 Å². The van der Waals surface area contributed by atoms with E-state index in [1.54, 1.807) is 28.6 Å². The largest absolute Gasteiger partial charge is 0.378 e. The zero-order valence-corrected chi connectivity index (χ0v) is 22.9. The van der Waals surface area contributed by atoms with Crippen LogP contribution in [0, 0.1) is 17.8 Å². The number of sulfonamides is 1. The highest BCUT2D eigenvalue weighted by molar-refractivity contribution is 7.89. The summed E-state index contributed by atoms with van der Waals surface area (Å²) in [5.41, 5.74) is 4.99. The molecule has 0 spiro atoms. The number of hydrogen-bond donors (Lipinski definition) is 2. The third kappa shape index (κ3) is 4.36. The van der Waals surface area contributed by atoms with Crippen LogP contribution < -0.4 is 10.6 Å². The molecule has 4 aliphatic rings. The molecule has 5 atom stereocenters. The summed E-state index contributed by atoms with van der Waals surface area (Å²) in [6.45, 7) is 1.15. The van der Waals surface area contributed by atoms with Crippen LogP contribution >= 0.6 is 0 Å². The minimum Gasteiger partial charge on any atom is -0.378 e. The van der Waals surface area contributed by atoms with Gasteiger partial charge in [0.05, 0.1) is 10.9 Å². The lowest BCUT2D eigenvalue weighted by molar-refractivity contribution is 0.102. The van der Waals surface area contributed by atoms with Crippen LogP contribution in [-0.4, -0.2) is 31.7 Å². The number of nitrogens with zero attached hydrogens (tertiary/aromatic N) is 1. The van der Waals surface area contributed by atoms with Gasteiger partial charge in [-0.15, -0.1) is 0 Å². The minimum absolute atomic E-state index is 0.172. The number of nitrogens with one attached hydrogen (secondary N) is 2. The van der Waals surface area contributed by atoms with Crippen LogP contribution in [-0.2, 0) is 10.0 Å². The van der Waals surface area contributed by atoms with Crippen molar-refractivity contribution in [2.45, 2.75) is 55.4 Å². The van der Waals surface area contributed by atoms with Crippen LogP contribution in [0.15, 0.2) is 77.7 Å². The predicted molar refractivity (Wildman–Crippen MR) is 153 cm³/mol. The molecule has 2 heterocycles. The Kier molecular flexibility index (Phi) is 6.24. The van der Waals surface area contributed by atoms with E-state index in [4.69, 9.17) is 0 Å². The second-order valence-electron chi connectivity index (χ2n) is 11.7. The Hall–Kier alpha value is -3.16. The lowest BCUT2D eigenvalue weighted by atomic mass is 9.68. The lowest BCUT2D eigenvalue weighted by Gasteiger charge is -2.43. The van der Waals surface area contributed by atoms with Gasteiger partial charge in [-0.2, -0.15) is 4.31 Å². The molecule has 39 heavy (non-hydrogen) atoms. The van der Waals surface area contributed by atoms with Crippen LogP contribution in [0.3, 0.4) is 0 Å². The molecule has 2 aliphatic heterocycles. The zero-order chi connectivity index (χ0) is 26.6. The van der Waals surface area contributed by atoms with Gasteiger partial charge in [-0.05, 0) is 109 Å². The first-order valence-corrected chi connectivity index (χ1v) is 15.8. The number of fused-ring (bicyclic) bond motifs is 7. The van der Waals surface area contributed by atoms with Gasteiger partial charge in [0.15, 0.2) is 0 Å². The average molecular weight is 542 g/mol. The Morgan fingerprint density at radius 2 is 1.62 bits per heavy atom. The fourth-order valence-electron chi connectivity index (χ4n) is 7.79. The van der Waals surface area contributed by atoms with Gasteiger partial charge in [-0.3, -0.25) is 4.79 Å². The first-order chi connectivity index (χ1) is 19.0. The molecule has 0 unspecified atom stereocenters. The quantitative estimate of drug-likeness (QED) is 0.391. The molecule has 202 valence electrons. The fraction of sp³-hybridized carbons (Fsp3) is 0.406. The molecule has 2 N–H and O–H groups in total. The summed E-state index contributed by atoms with van der Waals surface area (Å²) in [6, 6.07) is 23.7. The molecular weight excluding hydrogens is 506 g/mol. The molecule has 1 saturated heterocycles. The van der Waals surface area contributed by atoms with E-state index in [0.29, 0.717) is 48.1 Å². The Morgan fingerprint density at radius 1 is 0.872 bits per heavy atom. The summed E-state index contributed by atoms with van der Waals surface area (Å²) < 4.78 is 27.5. The van der Waals surface area contributed by atoms with E-state index < -0.39 is 10.0 Å². The minimum atomic E-state index is -3.49. The number of benzene rings is 3. The van der Waals surface area contributed by atoms with Gasteiger partial charge >= 0.3 is 0 Å². The van der Waals surface area contributed by atoms with Gasteiger partial charge < -0.3 is 10.6 Å². The highest BCUT2D eigenvalue weighted by Gasteiger charge is 2.53. The molecule has 3 aromatic rings. The molecule has 1 amide bonds. The summed E-state index contributed by atoms with van der Waals surface area (Å²) in [5.74, 6) is 2.25. The van der Waals surface area contributed by atoms with Gasteiger partial charge in [-0.1, -0.05) is 36.8 Å². The normalized spacial score (nSPS) is 27.8. The summed E-state index contributed by atoms with van der Waals surface area (Å²) in [7, 11) is -3.49. The Labute approximate surface area is 230 Å². The molecule has 0 radical (unpaired) electrons. The summed E-state index contributed by atoms with van der Waals surface area (Å²) in [4.78, 5) is 13.6. The number of carbonyl (C=O) groups excluding carboxylic acids is 1. The van der Waals surface area contributed by atoms with E-state index in [1.165, 1.54) is 30.4 Å². The van der Waals surface area contributed by atoms with Crippen molar-refractivity contribution in [2.24, 2.45) is 17.8 Å². The molecule has 2 saturated carbocycles. The first kappa shape index (κ1) is 24.9. The maximum atomic E-state index is 13.3. The molecule has 7 heteroatoms. The summed E-state index contributed by atoms with van der Waals surface area (Å²) >= 11 is 0. The first-order valence-electron chi connectivity index (χ1n) is 14.4. The van der Waals surface area contributed by atoms with E-state index in [1.807, 2.05) is 6.07 Å². The highest BCUT2D eigenvalue weighted by atomic mass is 32.2. The summed E-state index contributed by atoms with van der Waals surface area (Å²) in [5, 5.41) is 6.82. The van der Waals surface area contributed by atoms with Crippen molar-refractivity contribution in [1.82, 2.24) is 4.31 Å². The maximum Gasteiger partial charge on any atom is 0.255 e. The van der Waals surface area contributed by atoms with Crippen molar-refractivity contribution in [3.8, 4) is 0 Å². The van der Waals surface area contributed by atoms with Crippen molar-refractivity contribution >= 4 is 27.3 Å². The lowest BCUT2D eigenvalue weighted by Crippen LogP contribution is -2.35. The third-order valence-electron chi connectivity index (χ3n) is 9.57. The molecule has 0 aromatic heterocycles. The van der Waals surface area contributed by atoms with Crippen LogP contribution in [0.1, 0.15) is 72.0 Å². The van der Waals surface area contributed by atoms with Gasteiger partial charge in [-0.25, -0.2) is 8.42 Å². The topological polar surface area (TPSA) is 78.5 Å². The molecule has 3 aromatic carbocycles. The van der Waals surface area contributed by atoms with Crippen molar-refractivity contribution in [3.63, 3.8) is 0 Å². The van der Waals surface area contributed by atoms with Crippen molar-refractivity contribution < 1.29 is 13.2 Å². The van der Waals surface area contributed by atoms with Crippen molar-refractivity contribution in [1.29, 1.82) is 0 Å². The van der Waals surface area contributed by atoms with Gasteiger partial charge in [0, 0.05) is 30.0 Å². The van der Waals surface area contributed by atoms with Crippen LogP contribution in [0.2, 0.25) is 0 Å². The standard InChI is InChI=1S/C32H35N3O3S/c36-32(33-25-12-14-26(15-13-25)39(37,38)35-17-5-2-6-18-35)24-11-16-28-27(20-24)29-22-9-10-23(19-22)30(29)31(34-28)21-7-3-1-4-8-21/h1,3-4,7-8,11-16,20,22-23,29-31,34H,2,5-6,9-10,17-19H2,(H,33,36)/t22-,23-,29-,30-,31+/m0/s1. The van der Waals surface area contributed by atoms with E-state index in [9.17, 15) is 13.2 Å². The Bertz CT molecular complexity index is 1480. The number of amides is 1. The Morgan fingerprint density at radius 3 is 2.38 bits per heavy atom. The molecular formula is C32H35N3O3S. The van der Waals surface area contributed by atoms with E-state index in [-0.39, 0.29) is 10.8 Å². The van der Waals surface area contributed by atoms with E-state index >= 15 is 0 Å². The maximum absolute atomic E-state index is 13.3. The highest BCUT2D eigenvalue weighted by Crippen LogP contribution is 2.63. The third-order valence-corrected chi connectivity index (χ3v) is 11.5. The zero-order valence-electron chi connectivity index (χ0n) is 22.1. The predicted octanol–water partition coefficient (Wildman–Crippen LogP) is 6.41. The van der Waals surface area contributed by atoms with Crippen molar-refractivity contribution in [3.05, 3.63) is 89.5 Å². The van der Waals surface area contributed by atoms with Crippen LogP contribution in [0.5, 0.6) is 0 Å². The summed E-state index contributed by atoms with van der Waals surface area (Å²) in [6.07, 6.45) is 6.74. The molecule has 3 fully saturated rings. The fourth-order valence-corrected chi connectivity index (χ4v) is 9.30. The smallest absolute Gasteiger partial charge is 0.255 e. The Balaban J connectivity index is 1.12. The van der Waals surface area contributed by atoms with E-state index in [0.717, 1.165) is 30.9 Å². The number of hydrogen-bond acceptors (Lipinski definition) is 4.